The second kappa shape index (κ2) is 4.60. The smallest absolute Gasteiger partial charge is 0.129 e. The Hall–Kier alpha value is -0.570. The van der Waals surface area contributed by atoms with Crippen LogP contribution in [0.1, 0.15) is 38.5 Å². The third kappa shape index (κ3) is 2.35. The average molecular weight is 295 g/mol. The quantitative estimate of drug-likeness (QED) is 0.728. The maximum atomic E-state index is 4.54. The molecule has 3 rings (SSSR count). The average Bonchev–Trinajstić information content (AvgIpc) is 2.52. The number of aromatic nitrogens is 1. The molecule has 1 aromatic heterocycles. The second-order valence-corrected chi connectivity index (χ2v) is 6.40. The third-order valence-electron chi connectivity index (χ3n) is 4.24. The van der Waals surface area contributed by atoms with Gasteiger partial charge in [0.2, 0.25) is 0 Å². The van der Waals surface area contributed by atoms with Gasteiger partial charge < -0.3 is 4.90 Å². The Morgan fingerprint density at radius 1 is 1.06 bits per heavy atom. The molecular formula is C14H19BrN2. The van der Waals surface area contributed by atoms with Crippen LogP contribution in [0, 0.1) is 5.41 Å². The maximum Gasteiger partial charge on any atom is 0.129 e. The van der Waals surface area contributed by atoms with E-state index in [-0.39, 0.29) is 0 Å². The summed E-state index contributed by atoms with van der Waals surface area (Å²) in [6, 6.07) is 6.18. The summed E-state index contributed by atoms with van der Waals surface area (Å²) in [6.45, 7) is 2.44. The molecule has 1 aliphatic carbocycles. The van der Waals surface area contributed by atoms with Crippen LogP contribution in [-0.2, 0) is 0 Å². The van der Waals surface area contributed by atoms with Gasteiger partial charge in [-0.25, -0.2) is 4.98 Å². The zero-order chi connectivity index (χ0) is 11.7. The van der Waals surface area contributed by atoms with E-state index in [4.69, 9.17) is 0 Å². The van der Waals surface area contributed by atoms with E-state index in [9.17, 15) is 0 Å². The monoisotopic (exact) mass is 294 g/mol. The summed E-state index contributed by atoms with van der Waals surface area (Å²) >= 11 is 3.45. The molecule has 3 heteroatoms. The molecule has 1 aromatic rings. The number of halogens is 1. The van der Waals surface area contributed by atoms with Crippen LogP contribution >= 0.6 is 15.9 Å². The summed E-state index contributed by atoms with van der Waals surface area (Å²) in [5.41, 5.74) is 0.625. The molecule has 0 radical (unpaired) electrons. The highest BCUT2D eigenvalue weighted by atomic mass is 79.9. The van der Waals surface area contributed by atoms with Crippen LogP contribution in [0.2, 0.25) is 0 Å². The largest absolute Gasteiger partial charge is 0.355 e. The van der Waals surface area contributed by atoms with E-state index >= 15 is 0 Å². The van der Waals surface area contributed by atoms with Gasteiger partial charge in [0.05, 0.1) is 0 Å². The van der Waals surface area contributed by atoms with E-state index in [1.807, 2.05) is 6.07 Å². The van der Waals surface area contributed by atoms with Gasteiger partial charge >= 0.3 is 0 Å². The predicted molar refractivity (Wildman–Crippen MR) is 74.3 cm³/mol. The summed E-state index contributed by atoms with van der Waals surface area (Å²) in [6.07, 6.45) is 8.60. The normalized spacial score (nSPS) is 23.2. The lowest BCUT2D eigenvalue weighted by Crippen LogP contribution is -2.56. The Labute approximate surface area is 112 Å². The zero-order valence-electron chi connectivity index (χ0n) is 10.2. The summed E-state index contributed by atoms with van der Waals surface area (Å²) < 4.78 is 0.941. The fraction of sp³-hybridized carbons (Fsp3) is 0.643. The van der Waals surface area contributed by atoms with Crippen LogP contribution in [0.25, 0.3) is 0 Å². The lowest BCUT2D eigenvalue weighted by molar-refractivity contribution is 0.179. The molecule has 0 bridgehead atoms. The van der Waals surface area contributed by atoms with Crippen molar-refractivity contribution < 1.29 is 0 Å². The first-order chi connectivity index (χ1) is 8.27. The van der Waals surface area contributed by atoms with Gasteiger partial charge in [-0.3, -0.25) is 0 Å². The summed E-state index contributed by atoms with van der Waals surface area (Å²) in [5.74, 6) is 1.13. The van der Waals surface area contributed by atoms with Crippen molar-refractivity contribution in [1.82, 2.24) is 4.98 Å². The number of hydrogen-bond donors (Lipinski definition) is 0. The molecule has 1 spiro atoms. The standard InChI is InChI=1S/C14H19BrN2/c15-12-6-5-7-13(16-12)17-10-14(11-17)8-3-1-2-4-9-14/h5-7H,1-4,8-11H2. The molecule has 2 aliphatic rings. The van der Waals surface area contributed by atoms with Gasteiger partial charge in [-0.1, -0.05) is 31.7 Å². The lowest BCUT2D eigenvalue weighted by Gasteiger charge is -2.51. The highest BCUT2D eigenvalue weighted by Crippen LogP contribution is 2.44. The topological polar surface area (TPSA) is 16.1 Å². The van der Waals surface area contributed by atoms with E-state index in [1.54, 1.807) is 0 Å². The van der Waals surface area contributed by atoms with Gasteiger partial charge in [-0.2, -0.15) is 0 Å². The molecule has 2 heterocycles. The van der Waals surface area contributed by atoms with Crippen molar-refractivity contribution in [3.63, 3.8) is 0 Å². The Morgan fingerprint density at radius 2 is 1.76 bits per heavy atom. The molecular weight excluding hydrogens is 276 g/mol. The van der Waals surface area contributed by atoms with Crippen molar-refractivity contribution in [2.75, 3.05) is 18.0 Å². The Balaban J connectivity index is 1.67. The minimum absolute atomic E-state index is 0.625. The molecule has 1 saturated carbocycles. The minimum Gasteiger partial charge on any atom is -0.355 e. The molecule has 0 atom stereocenters. The van der Waals surface area contributed by atoms with Crippen molar-refractivity contribution in [2.45, 2.75) is 38.5 Å². The van der Waals surface area contributed by atoms with E-state index in [0.717, 1.165) is 10.4 Å². The van der Waals surface area contributed by atoms with Crippen LogP contribution in [0.4, 0.5) is 5.82 Å². The van der Waals surface area contributed by atoms with E-state index in [2.05, 4.69) is 37.9 Å². The van der Waals surface area contributed by atoms with Crippen LogP contribution in [-0.4, -0.2) is 18.1 Å². The van der Waals surface area contributed by atoms with Gasteiger partial charge in [-0.15, -0.1) is 0 Å². The molecule has 2 nitrogen and oxygen atoms in total. The van der Waals surface area contributed by atoms with Crippen LogP contribution in [0.3, 0.4) is 0 Å². The Kier molecular flexibility index (Phi) is 3.12. The Morgan fingerprint density at radius 3 is 2.41 bits per heavy atom. The van der Waals surface area contributed by atoms with E-state index in [1.165, 1.54) is 51.6 Å². The van der Waals surface area contributed by atoms with Crippen molar-refractivity contribution in [3.05, 3.63) is 22.8 Å². The molecule has 1 aliphatic heterocycles. The second-order valence-electron chi connectivity index (χ2n) is 5.59. The van der Waals surface area contributed by atoms with Gasteiger partial charge in [0, 0.05) is 18.5 Å². The number of hydrogen-bond acceptors (Lipinski definition) is 2. The van der Waals surface area contributed by atoms with Crippen LogP contribution in [0.15, 0.2) is 22.8 Å². The van der Waals surface area contributed by atoms with Crippen molar-refractivity contribution >= 4 is 21.7 Å². The molecule has 0 amide bonds. The number of nitrogens with zero attached hydrogens (tertiary/aromatic N) is 2. The maximum absolute atomic E-state index is 4.54. The molecule has 17 heavy (non-hydrogen) atoms. The highest BCUT2D eigenvalue weighted by Gasteiger charge is 2.42. The highest BCUT2D eigenvalue weighted by molar-refractivity contribution is 9.10. The summed E-state index contributed by atoms with van der Waals surface area (Å²) in [4.78, 5) is 6.97. The number of rotatable bonds is 1. The Bertz CT molecular complexity index is 389. The molecule has 1 saturated heterocycles. The first-order valence-electron chi connectivity index (χ1n) is 6.65. The van der Waals surface area contributed by atoms with E-state index in [0.29, 0.717) is 5.41 Å². The van der Waals surface area contributed by atoms with Gasteiger partial charge in [0.1, 0.15) is 10.4 Å². The van der Waals surface area contributed by atoms with Gasteiger partial charge in [0.15, 0.2) is 0 Å². The van der Waals surface area contributed by atoms with Crippen LogP contribution < -0.4 is 4.90 Å². The SMILES string of the molecule is Brc1cccc(N2CC3(CCCCCC3)C2)n1. The van der Waals surface area contributed by atoms with Crippen molar-refractivity contribution in [1.29, 1.82) is 0 Å². The summed E-state index contributed by atoms with van der Waals surface area (Å²) in [5, 5.41) is 0. The lowest BCUT2D eigenvalue weighted by atomic mass is 9.73. The third-order valence-corrected chi connectivity index (χ3v) is 4.68. The molecule has 0 aromatic carbocycles. The van der Waals surface area contributed by atoms with E-state index < -0.39 is 0 Å². The minimum atomic E-state index is 0.625. The van der Waals surface area contributed by atoms with Crippen molar-refractivity contribution in [2.24, 2.45) is 5.41 Å². The number of pyridine rings is 1. The van der Waals surface area contributed by atoms with Crippen molar-refractivity contribution in [3.8, 4) is 0 Å². The fourth-order valence-corrected chi connectivity index (χ4v) is 3.63. The molecule has 2 fully saturated rings. The first kappa shape index (κ1) is 11.5. The zero-order valence-corrected chi connectivity index (χ0v) is 11.7. The summed E-state index contributed by atoms with van der Waals surface area (Å²) in [7, 11) is 0. The molecule has 92 valence electrons. The van der Waals surface area contributed by atoms with Gasteiger partial charge in [-0.05, 0) is 40.9 Å². The number of anilines is 1. The van der Waals surface area contributed by atoms with Crippen LogP contribution in [0.5, 0.6) is 0 Å². The molecule has 0 unspecified atom stereocenters. The predicted octanol–water partition coefficient (Wildman–Crippen LogP) is 4.00. The fourth-order valence-electron chi connectivity index (χ4n) is 3.29. The van der Waals surface area contributed by atoms with Gasteiger partial charge in [0.25, 0.3) is 0 Å². The molecule has 0 N–H and O–H groups in total. The first-order valence-corrected chi connectivity index (χ1v) is 7.44.